The maximum absolute atomic E-state index is 11.8. The van der Waals surface area contributed by atoms with E-state index in [-0.39, 0.29) is 5.91 Å². The molecule has 0 aromatic carbocycles. The van der Waals surface area contributed by atoms with Crippen molar-refractivity contribution in [3.05, 3.63) is 11.3 Å². The van der Waals surface area contributed by atoms with Crippen molar-refractivity contribution >= 4 is 11.8 Å². The first-order chi connectivity index (χ1) is 7.86. The molecule has 1 aromatic heterocycles. The van der Waals surface area contributed by atoms with Crippen LogP contribution in [0.15, 0.2) is 4.52 Å². The average Bonchev–Trinajstić information content (AvgIpc) is 2.74. The zero-order valence-corrected chi connectivity index (χ0v) is 9.16. The summed E-state index contributed by atoms with van der Waals surface area (Å²) in [4.78, 5) is 13.5. The number of anilines is 1. The fourth-order valence-corrected chi connectivity index (χ4v) is 2.36. The van der Waals surface area contributed by atoms with Gasteiger partial charge in [-0.3, -0.25) is 9.69 Å². The van der Waals surface area contributed by atoms with Crippen LogP contribution in [0.5, 0.6) is 0 Å². The monoisotopic (exact) mass is 221 g/mol. The summed E-state index contributed by atoms with van der Waals surface area (Å²) >= 11 is 0. The molecular formula is C11H15N3O2. The highest BCUT2D eigenvalue weighted by atomic mass is 16.5. The van der Waals surface area contributed by atoms with Crippen LogP contribution in [-0.4, -0.2) is 24.2 Å². The van der Waals surface area contributed by atoms with Crippen LogP contribution in [0, 0.1) is 0 Å². The van der Waals surface area contributed by atoms with Gasteiger partial charge in [0.2, 0.25) is 11.8 Å². The van der Waals surface area contributed by atoms with E-state index in [1.807, 2.05) is 0 Å². The zero-order valence-electron chi connectivity index (χ0n) is 9.16. The van der Waals surface area contributed by atoms with Gasteiger partial charge in [0.25, 0.3) is 0 Å². The van der Waals surface area contributed by atoms with Crippen molar-refractivity contribution in [2.24, 2.45) is 0 Å². The van der Waals surface area contributed by atoms with Gasteiger partial charge in [0, 0.05) is 32.5 Å². The maximum atomic E-state index is 11.8. The molecule has 2 aliphatic rings. The number of aromatic nitrogens is 1. The molecule has 0 aliphatic carbocycles. The van der Waals surface area contributed by atoms with Crippen molar-refractivity contribution in [1.29, 1.82) is 0 Å². The third-order valence-corrected chi connectivity index (χ3v) is 3.26. The molecule has 0 radical (unpaired) electrons. The Morgan fingerprint density at radius 3 is 3.12 bits per heavy atom. The summed E-state index contributed by atoms with van der Waals surface area (Å²) in [6.07, 6.45) is 3.56. The minimum Gasteiger partial charge on any atom is -0.338 e. The summed E-state index contributed by atoms with van der Waals surface area (Å²) in [5.41, 5.74) is 2.08. The fraction of sp³-hybridized carbons (Fsp3) is 0.636. The molecule has 86 valence electrons. The van der Waals surface area contributed by atoms with Gasteiger partial charge < -0.3 is 9.84 Å². The first kappa shape index (κ1) is 9.84. The maximum Gasteiger partial charge on any atom is 0.238 e. The van der Waals surface area contributed by atoms with E-state index < -0.39 is 0 Å². The number of fused-ring (bicyclic) bond motifs is 1. The number of nitrogens with zero attached hydrogens (tertiary/aromatic N) is 2. The van der Waals surface area contributed by atoms with Crippen LogP contribution in [0.3, 0.4) is 0 Å². The first-order valence-electron chi connectivity index (χ1n) is 5.85. The smallest absolute Gasteiger partial charge is 0.238 e. The molecule has 0 atom stereocenters. The second-order valence-corrected chi connectivity index (χ2v) is 4.34. The Labute approximate surface area is 93.8 Å². The molecule has 1 aromatic rings. The molecule has 0 saturated carbocycles. The third kappa shape index (κ3) is 1.51. The third-order valence-electron chi connectivity index (χ3n) is 3.26. The topological polar surface area (TPSA) is 58.4 Å². The highest BCUT2D eigenvalue weighted by Gasteiger charge is 2.28. The van der Waals surface area contributed by atoms with Crippen LogP contribution < -0.4 is 10.2 Å². The number of amides is 1. The minimum atomic E-state index is 0.163. The van der Waals surface area contributed by atoms with Crippen LogP contribution in [0.4, 0.5) is 5.88 Å². The van der Waals surface area contributed by atoms with Crippen LogP contribution in [0.25, 0.3) is 0 Å². The predicted octanol–water partition coefficient (Wildman–Crippen LogP) is 0.837. The number of carbonyl (C=O) groups excluding carboxylic acids is 1. The summed E-state index contributed by atoms with van der Waals surface area (Å²) in [5, 5.41) is 7.34. The van der Waals surface area contributed by atoms with Gasteiger partial charge in [-0.05, 0) is 12.8 Å². The summed E-state index contributed by atoms with van der Waals surface area (Å²) in [5.74, 6) is 0.836. The van der Waals surface area contributed by atoms with Crippen molar-refractivity contribution < 1.29 is 9.32 Å². The number of piperidine rings is 1. The number of hydrogen-bond acceptors (Lipinski definition) is 4. The van der Waals surface area contributed by atoms with Crippen molar-refractivity contribution in [3.8, 4) is 0 Å². The van der Waals surface area contributed by atoms with Crippen LogP contribution in [0.2, 0.25) is 0 Å². The van der Waals surface area contributed by atoms with E-state index in [1.54, 1.807) is 4.90 Å². The Morgan fingerprint density at radius 1 is 1.31 bits per heavy atom. The van der Waals surface area contributed by atoms with E-state index in [1.165, 1.54) is 0 Å². The van der Waals surface area contributed by atoms with E-state index >= 15 is 0 Å². The molecule has 5 heteroatoms. The average molecular weight is 221 g/mol. The summed E-state index contributed by atoms with van der Waals surface area (Å²) in [6, 6.07) is 0. The summed E-state index contributed by atoms with van der Waals surface area (Å²) in [7, 11) is 0. The molecular weight excluding hydrogens is 206 g/mol. The lowest BCUT2D eigenvalue weighted by Crippen LogP contribution is -2.36. The fourth-order valence-electron chi connectivity index (χ4n) is 2.36. The molecule has 1 N–H and O–H groups in total. The standard InChI is InChI=1S/C11H15N3O2/c15-10-3-1-2-6-14(10)11-8-7-12-5-4-9(8)13-16-11/h12H,1-7H2. The van der Waals surface area contributed by atoms with Crippen molar-refractivity contribution in [1.82, 2.24) is 10.5 Å². The Bertz CT molecular complexity index is 413. The Kier molecular flexibility index (Phi) is 2.40. The van der Waals surface area contributed by atoms with Gasteiger partial charge in [-0.15, -0.1) is 0 Å². The van der Waals surface area contributed by atoms with Crippen molar-refractivity contribution in [3.63, 3.8) is 0 Å². The molecule has 2 aliphatic heterocycles. The Morgan fingerprint density at radius 2 is 2.25 bits per heavy atom. The highest BCUT2D eigenvalue weighted by Crippen LogP contribution is 2.28. The lowest BCUT2D eigenvalue weighted by atomic mass is 10.1. The molecule has 0 unspecified atom stereocenters. The quantitative estimate of drug-likeness (QED) is 0.763. The molecule has 3 heterocycles. The molecule has 5 nitrogen and oxygen atoms in total. The second-order valence-electron chi connectivity index (χ2n) is 4.34. The molecule has 3 rings (SSSR count). The van der Waals surface area contributed by atoms with E-state index in [2.05, 4.69) is 10.5 Å². The van der Waals surface area contributed by atoms with Gasteiger partial charge in [0.05, 0.1) is 11.3 Å². The molecule has 1 fully saturated rings. The summed E-state index contributed by atoms with van der Waals surface area (Å²) < 4.78 is 5.34. The Balaban J connectivity index is 1.93. The molecule has 0 bridgehead atoms. The first-order valence-corrected chi connectivity index (χ1v) is 5.85. The molecule has 1 amide bonds. The molecule has 1 saturated heterocycles. The Hall–Kier alpha value is -1.36. The molecule has 0 spiro atoms. The molecule has 16 heavy (non-hydrogen) atoms. The summed E-state index contributed by atoms with van der Waals surface area (Å²) in [6.45, 7) is 2.46. The van der Waals surface area contributed by atoms with Gasteiger partial charge in [-0.25, -0.2) is 0 Å². The van der Waals surface area contributed by atoms with E-state index in [9.17, 15) is 4.79 Å². The van der Waals surface area contributed by atoms with E-state index in [0.717, 1.165) is 50.2 Å². The number of carbonyl (C=O) groups is 1. The van der Waals surface area contributed by atoms with Gasteiger partial charge >= 0.3 is 0 Å². The van der Waals surface area contributed by atoms with Crippen LogP contribution in [-0.2, 0) is 17.8 Å². The normalized spacial score (nSPS) is 21.0. The van der Waals surface area contributed by atoms with Crippen LogP contribution >= 0.6 is 0 Å². The zero-order chi connectivity index (χ0) is 11.0. The number of rotatable bonds is 1. The SMILES string of the molecule is O=C1CCCCN1c1onc2c1CNCC2. The lowest BCUT2D eigenvalue weighted by Gasteiger charge is -2.25. The van der Waals surface area contributed by atoms with Crippen molar-refractivity contribution in [2.45, 2.75) is 32.2 Å². The largest absolute Gasteiger partial charge is 0.338 e. The highest BCUT2D eigenvalue weighted by molar-refractivity contribution is 5.93. The van der Waals surface area contributed by atoms with Gasteiger partial charge in [-0.1, -0.05) is 5.16 Å². The van der Waals surface area contributed by atoms with E-state index in [0.29, 0.717) is 12.3 Å². The van der Waals surface area contributed by atoms with E-state index in [4.69, 9.17) is 4.52 Å². The predicted molar refractivity (Wildman–Crippen MR) is 58.1 cm³/mol. The van der Waals surface area contributed by atoms with Crippen LogP contribution in [0.1, 0.15) is 30.5 Å². The lowest BCUT2D eigenvalue weighted by molar-refractivity contribution is -0.119. The number of hydrogen-bond donors (Lipinski definition) is 1. The minimum absolute atomic E-state index is 0.163. The van der Waals surface area contributed by atoms with Crippen molar-refractivity contribution in [2.75, 3.05) is 18.0 Å². The van der Waals surface area contributed by atoms with Gasteiger partial charge in [-0.2, -0.15) is 0 Å². The number of nitrogens with one attached hydrogen (secondary N) is 1. The van der Waals surface area contributed by atoms with Gasteiger partial charge in [0.15, 0.2) is 0 Å². The second kappa shape index (κ2) is 3.90. The van der Waals surface area contributed by atoms with Gasteiger partial charge in [0.1, 0.15) is 0 Å².